The Kier molecular flexibility index (Phi) is 49.8. The molecule has 0 unspecified atom stereocenters. The Morgan fingerprint density at radius 1 is 0.504 bits per heavy atom. The van der Waals surface area contributed by atoms with E-state index in [0.717, 1.165) is 38.5 Å². The maximum absolute atomic E-state index is 12.2. The number of phenols is 1. The molecule has 2 radical (unpaired) electrons. The van der Waals surface area contributed by atoms with E-state index in [1.165, 1.54) is 42.7 Å². The Bertz CT molecular complexity index is 5790. The Morgan fingerprint density at radius 3 is 1.18 bits per heavy atom. The van der Waals surface area contributed by atoms with Gasteiger partial charge in [-0.3, -0.25) is 24.0 Å². The molecular weight excluding hydrogens is 2280 g/mol. The summed E-state index contributed by atoms with van der Waals surface area (Å²) in [4.78, 5) is 99.9. The summed E-state index contributed by atoms with van der Waals surface area (Å²) in [7, 11) is 3.75. The van der Waals surface area contributed by atoms with Crippen molar-refractivity contribution >= 4 is 176 Å². The van der Waals surface area contributed by atoms with Crippen LogP contribution in [0.2, 0.25) is 40.2 Å². The topological polar surface area (TPSA) is 522 Å². The first-order chi connectivity index (χ1) is 65.4. The van der Waals surface area contributed by atoms with E-state index in [9.17, 15) is 33.6 Å². The minimum Gasteiger partial charge on any atom is -0.508 e. The molecule has 5 aliphatic carbocycles. The van der Waals surface area contributed by atoms with E-state index < -0.39 is 11.9 Å². The van der Waals surface area contributed by atoms with Crippen molar-refractivity contribution in [3.63, 3.8) is 0 Å². The number of ether oxygens (including phenoxy) is 7. The summed E-state index contributed by atoms with van der Waals surface area (Å²) < 4.78 is 56.1. The van der Waals surface area contributed by atoms with Crippen LogP contribution in [-0.2, 0) is 28.8 Å². The van der Waals surface area contributed by atoms with Gasteiger partial charge in [0.25, 0.3) is 5.89 Å². The Labute approximate surface area is 874 Å². The maximum Gasteiger partial charge on any atom is 0.367 e. The number of oxime groups is 2. The van der Waals surface area contributed by atoms with Gasteiger partial charge in [-0.25, -0.2) is 30.4 Å². The summed E-state index contributed by atoms with van der Waals surface area (Å²) in [6.45, 7) is 19.1. The van der Waals surface area contributed by atoms with Gasteiger partial charge in [-0.2, -0.15) is 15.5 Å². The van der Waals surface area contributed by atoms with E-state index in [2.05, 4.69) is 49.7 Å². The van der Waals surface area contributed by atoms with Crippen molar-refractivity contribution in [3.8, 4) is 81.4 Å². The molecule has 5 fully saturated rings. The van der Waals surface area contributed by atoms with Crippen molar-refractivity contribution in [1.82, 2.24) is 25.1 Å². The van der Waals surface area contributed by atoms with Crippen molar-refractivity contribution < 1.29 is 134 Å². The van der Waals surface area contributed by atoms with Gasteiger partial charge in [-0.15, -0.1) is 0 Å². The molecule has 4 aromatic heterocycles. The molecule has 5 aromatic carbocycles. The quantitative estimate of drug-likeness (QED) is 0.00365. The Morgan fingerprint density at radius 2 is 0.847 bits per heavy atom. The molecule has 11 N–H and O–H groups in total. The number of nitriles is 2. The zero-order chi connectivity index (χ0) is 103. The van der Waals surface area contributed by atoms with E-state index in [-0.39, 0.29) is 205 Å². The zero-order valence-corrected chi connectivity index (χ0v) is 88.3. The van der Waals surface area contributed by atoms with E-state index in [1.807, 2.05) is 76.3 Å². The molecule has 730 valence electrons. The van der Waals surface area contributed by atoms with Gasteiger partial charge in [0.2, 0.25) is 23.5 Å². The molecule has 33 nitrogen and oxygen atoms in total. The largest absolute Gasteiger partial charge is 0.508 e. The third kappa shape index (κ3) is 38.0. The van der Waals surface area contributed by atoms with Gasteiger partial charge in [0.05, 0.1) is 77.3 Å². The Balaban J connectivity index is 0.000000348. The predicted octanol–water partition coefficient (Wildman–Crippen LogP) is 19.4. The third-order valence-corrected chi connectivity index (χ3v) is 22.7. The number of aromatic hydroxyl groups is 1. The molecular formula is C93H102BCl8IN12O21U. The number of phenolic OH excluding ortho intramolecular Hbond substituents is 1. The SMILES string of the molecule is CC(=O)C1CC(O)C1.CC(=O)C1CC(Oc2ccc(-c3noc(-c4cnc(OC(C)C)c(Cl)c4)n3)c(Cl)c2)C1.CC(=O)C1CC(Oc2ccc(/C(N)=N/O)c(Cl)c2)C1.CC(=O)C1CC(Oc2ccc(/C(N)=N/OC(=O)c3cnc(OC(C)C)c(Cl)c3)c(Cl)c2)C1.CC(=O)C1CC(Oc2ccc(C#N)c(Cl)c2)C1.CC(C)Oc1ncc(C(=O)O)cc1Cl.N#Cc1ccc(O)cc1Cl.NO.[2H]CI.[2H][B].[U]. The summed E-state index contributed by atoms with van der Waals surface area (Å²) >= 11 is 50.2. The van der Waals surface area contributed by atoms with Crippen LogP contribution in [0.1, 0.15) is 185 Å². The number of aliphatic hydroxyl groups excluding tert-OH is 1. The van der Waals surface area contributed by atoms with Crippen molar-refractivity contribution in [3.05, 3.63) is 201 Å². The number of rotatable bonds is 26. The molecule has 0 spiro atoms. The van der Waals surface area contributed by atoms with Crippen LogP contribution in [0.15, 0.2) is 143 Å². The van der Waals surface area contributed by atoms with Crippen LogP contribution in [0, 0.1) is 83.4 Å². The number of alkyl halides is 1. The normalized spacial score (nSPS) is 18.3. The number of hydrogen-bond donors (Lipinski definition) is 8. The van der Waals surface area contributed by atoms with Crippen LogP contribution in [-0.4, -0.2) is 167 Å². The van der Waals surface area contributed by atoms with Crippen molar-refractivity contribution in [2.75, 3.05) is 4.91 Å². The molecule has 0 saturated heterocycles. The number of ketones is 5. The fourth-order valence-electron chi connectivity index (χ4n) is 12.5. The number of aliphatic hydroxyl groups is 1. The number of benzene rings is 5. The number of carbonyl (C=O) groups is 7. The predicted molar refractivity (Wildman–Crippen MR) is 525 cm³/mol. The average molecular weight is 2390 g/mol. The summed E-state index contributed by atoms with van der Waals surface area (Å²) in [5, 5.41) is 71.5. The molecule has 4 heterocycles. The number of nitrogens with zero attached hydrogens (tertiary/aromatic N) is 9. The molecule has 0 aliphatic heterocycles. The molecule has 0 amide bonds. The van der Waals surface area contributed by atoms with Gasteiger partial charge in [0, 0.05) is 112 Å². The van der Waals surface area contributed by atoms with E-state index >= 15 is 0 Å². The minimum absolute atomic E-state index is 0. The van der Waals surface area contributed by atoms with Crippen LogP contribution in [0.25, 0.3) is 22.8 Å². The number of carbonyl (C=O) groups excluding carboxylic acids is 6. The number of nitrogens with two attached hydrogens (primary N) is 3. The molecule has 0 bridgehead atoms. The number of carboxylic acids is 1. The van der Waals surface area contributed by atoms with E-state index in [4.69, 9.17) is 186 Å². The molecule has 44 heteroatoms. The summed E-state index contributed by atoms with van der Waals surface area (Å²) in [5.41, 5.74) is 14.3. The standard InChI is InChI=1S/C22H23Cl2N3O5.C22H21Cl2N3O4.C13H15ClN2O3.C13H12ClNO2.C9H10ClNO3.C7H4ClNO.C6H10O2.CH3I.BH.H3NO.U/c1-11(2)30-21-19(24)8-14(10-26-21)22(29)32-27-20(25)17-5-4-15(9-18(17)23)31-16-6-13(7-16)12(3)28;1-11(2)29-22-19(24)8-14(10-25-22)21-26-20(27-31-21)17-5-4-15(9-18(17)23)30-16-6-13(7-16)12(3)28;1-7(17)8-4-10(5-8)19-9-2-3-11(12(14)6-9)13(15)16-18;1-8(16)10-4-12(5-10)17-11-3-2-9(7-15)13(14)6-11;1-5(2)14-8-7(10)3-6(4-11-8)9(12)13;8-7-3-6(10)2-1-5(7)4-9;1-4(7)5-2-6(8)3-5;1-2;;1-2;/h4-5,8-11,13,16H,6-7H2,1-3H3,(H2,25,27);4-5,8-11,13,16H,6-7H2,1-3H3;2-3,6,8,10,18H,4-5H2,1H3,(H2,15,16);2-3,6,10,12H,4-5H2,1H3;3-5H,1-2H3,(H,12,13);1-3,10H;5-6,8H,2-3H2,1H3;1H3;1H;2H,1H2;/i;;;;;;;2*1D;;. The van der Waals surface area contributed by atoms with Crippen LogP contribution in [0.4, 0.5) is 0 Å². The molecule has 14 rings (SSSR count). The van der Waals surface area contributed by atoms with Gasteiger partial charge in [0.15, 0.2) is 11.7 Å². The molecule has 5 saturated carbocycles. The van der Waals surface area contributed by atoms with Gasteiger partial charge in [0.1, 0.15) is 109 Å². The Hall–Kier alpha value is -9.85. The first kappa shape index (κ1) is 116. The maximum atomic E-state index is 12.2. The number of hydrogen-bond acceptors (Lipinski definition) is 30. The fourth-order valence-corrected chi connectivity index (χ4v) is 14.3. The zero-order valence-electron chi connectivity index (χ0n) is 77.9. The number of halogens is 9. The van der Waals surface area contributed by atoms with Crippen LogP contribution >= 0.6 is 115 Å². The number of amidine groups is 2. The molecule has 137 heavy (non-hydrogen) atoms. The summed E-state index contributed by atoms with van der Waals surface area (Å²) in [6.07, 6.45) is 11.1. The third-order valence-electron chi connectivity index (χ3n) is 20.3. The van der Waals surface area contributed by atoms with Crippen molar-refractivity contribution in [2.45, 2.75) is 189 Å². The second-order valence-electron chi connectivity index (χ2n) is 31.6. The number of carboxylic acid groups (broad SMARTS) is 1. The number of aromatic nitrogens is 5. The van der Waals surface area contributed by atoms with Crippen LogP contribution < -0.4 is 50.5 Å². The summed E-state index contributed by atoms with van der Waals surface area (Å²) in [6, 6.07) is 32.6. The summed E-state index contributed by atoms with van der Waals surface area (Å²) in [5.74, 6) is 7.12. The first-order valence-corrected chi connectivity index (χ1v) is 46.0. The van der Waals surface area contributed by atoms with Gasteiger partial charge < -0.3 is 79.7 Å². The molecule has 0 atom stereocenters. The second-order valence-corrected chi connectivity index (χ2v) is 34.8. The average Bonchev–Trinajstić information content (AvgIpc) is 1.73. The molecule has 9 aromatic rings. The number of pyridine rings is 3. The fraction of sp³-hybridized carbons (Fsp3) is 0.376. The smallest absolute Gasteiger partial charge is 0.367 e. The van der Waals surface area contributed by atoms with Gasteiger partial charge >= 0.3 is 11.9 Å². The number of Topliss-reactive ketones (excluding diaryl/α,β-unsaturated/α-hetero) is 5. The number of aromatic carboxylic acids is 1. The van der Waals surface area contributed by atoms with Crippen LogP contribution in [0.3, 0.4) is 0 Å². The van der Waals surface area contributed by atoms with Gasteiger partial charge in [-0.1, -0.05) is 131 Å². The first-order valence-electron chi connectivity index (χ1n) is 42.7. The van der Waals surface area contributed by atoms with Gasteiger partial charge in [-0.05, 0) is 250 Å². The van der Waals surface area contributed by atoms with Crippen LogP contribution in [0.5, 0.6) is 46.4 Å². The van der Waals surface area contributed by atoms with E-state index in [1.54, 1.807) is 120 Å². The molecule has 5 aliphatic rings. The minimum atomic E-state index is -1.06. The van der Waals surface area contributed by atoms with Crippen molar-refractivity contribution in [1.29, 1.82) is 11.9 Å². The second kappa shape index (κ2) is 58.9. The van der Waals surface area contributed by atoms with Crippen molar-refractivity contribution in [2.24, 2.45) is 57.3 Å². The monoisotopic (exact) mass is 2380 g/mol. The van der Waals surface area contributed by atoms with E-state index in [0.29, 0.717) is 119 Å².